The summed E-state index contributed by atoms with van der Waals surface area (Å²) in [5, 5.41) is 8.05. The normalized spacial score (nSPS) is 20.9. The van der Waals surface area contributed by atoms with Gasteiger partial charge in [-0.2, -0.15) is 5.10 Å². The molecule has 2 aromatic heterocycles. The van der Waals surface area contributed by atoms with Gasteiger partial charge in [0.15, 0.2) is 5.65 Å². The molecule has 5 aliphatic rings. The Morgan fingerprint density at radius 2 is 1.67 bits per heavy atom. The van der Waals surface area contributed by atoms with E-state index in [0.29, 0.717) is 63.0 Å². The zero-order valence-electron chi connectivity index (χ0n) is 35.4. The highest BCUT2D eigenvalue weighted by atomic mass is 16.5. The fourth-order valence-electron chi connectivity index (χ4n) is 9.86. The Kier molecular flexibility index (Phi) is 11.0. The summed E-state index contributed by atoms with van der Waals surface area (Å²) < 4.78 is 20.2. The molecule has 3 N–H and O–H groups in total. The molecule has 3 aromatic carbocycles. The molecule has 5 amide bonds. The molecule has 1 unspecified atom stereocenters. The molecule has 0 aliphatic carbocycles. The van der Waals surface area contributed by atoms with Crippen LogP contribution in [0.2, 0.25) is 0 Å². The number of nitrogen functional groups attached to an aromatic ring is 1. The van der Waals surface area contributed by atoms with E-state index in [1.807, 2.05) is 64.2 Å². The summed E-state index contributed by atoms with van der Waals surface area (Å²) in [7, 11) is 0. The highest BCUT2D eigenvalue weighted by molar-refractivity contribution is 6.23. The fourth-order valence-corrected chi connectivity index (χ4v) is 9.86. The lowest BCUT2D eigenvalue weighted by Crippen LogP contribution is -2.54. The van der Waals surface area contributed by atoms with Crippen LogP contribution < -0.4 is 20.5 Å². The molecule has 3 saturated heterocycles. The van der Waals surface area contributed by atoms with E-state index in [-0.39, 0.29) is 41.3 Å². The third-order valence-electron chi connectivity index (χ3n) is 13.4. The van der Waals surface area contributed by atoms with Crippen LogP contribution in [0.25, 0.3) is 22.3 Å². The number of fused-ring (bicyclic) bond motifs is 3. The van der Waals surface area contributed by atoms with Crippen LogP contribution in [-0.2, 0) is 25.5 Å². The van der Waals surface area contributed by atoms with E-state index in [2.05, 4.69) is 20.2 Å². The van der Waals surface area contributed by atoms with Gasteiger partial charge in [0.25, 0.3) is 11.8 Å². The monoisotopic (exact) mass is 867 g/mol. The van der Waals surface area contributed by atoms with Crippen LogP contribution in [0.3, 0.4) is 0 Å². The van der Waals surface area contributed by atoms with Crippen LogP contribution in [-0.4, -0.2) is 123 Å². The molecular formula is C47H49N9O8. The number of amides is 5. The molecule has 7 heterocycles. The number of nitrogens with zero attached hydrogens (tertiary/aromatic N) is 7. The van der Waals surface area contributed by atoms with Crippen LogP contribution >= 0.6 is 0 Å². The predicted octanol–water partition coefficient (Wildman–Crippen LogP) is 4.56. The minimum atomic E-state index is -1.02. The zero-order valence-corrected chi connectivity index (χ0v) is 35.4. The number of benzene rings is 3. The number of carbonyl (C=O) groups is 5. The highest BCUT2D eigenvalue weighted by Gasteiger charge is 2.47. The van der Waals surface area contributed by atoms with Gasteiger partial charge in [-0.3, -0.25) is 39.1 Å². The Morgan fingerprint density at radius 1 is 0.906 bits per heavy atom. The van der Waals surface area contributed by atoms with Crippen molar-refractivity contribution in [2.45, 2.75) is 63.5 Å². The molecule has 2 atom stereocenters. The van der Waals surface area contributed by atoms with Crippen molar-refractivity contribution in [1.29, 1.82) is 0 Å². The second kappa shape index (κ2) is 17.1. The molecule has 5 aliphatic heterocycles. The molecule has 1 spiro atoms. The van der Waals surface area contributed by atoms with Crippen LogP contribution in [0.4, 0.5) is 5.82 Å². The number of nitrogens with one attached hydrogen (secondary N) is 1. The second-order valence-electron chi connectivity index (χ2n) is 17.4. The van der Waals surface area contributed by atoms with E-state index >= 15 is 0 Å². The first-order valence-electron chi connectivity index (χ1n) is 22.0. The van der Waals surface area contributed by atoms with Gasteiger partial charge in [-0.05, 0) is 99.2 Å². The van der Waals surface area contributed by atoms with E-state index in [9.17, 15) is 24.0 Å². The number of anilines is 1. The summed E-state index contributed by atoms with van der Waals surface area (Å²) in [4.78, 5) is 78.4. The number of likely N-dealkylation sites (tertiary alicyclic amines) is 2. The molecule has 3 fully saturated rings. The van der Waals surface area contributed by atoms with Gasteiger partial charge in [0.05, 0.1) is 48.8 Å². The Hall–Kier alpha value is -6.72. The quantitative estimate of drug-likeness (QED) is 0.138. The van der Waals surface area contributed by atoms with Crippen LogP contribution in [0.5, 0.6) is 17.2 Å². The number of hydrogen-bond acceptors (Lipinski definition) is 13. The lowest BCUT2D eigenvalue weighted by Gasteiger charge is -2.44. The summed E-state index contributed by atoms with van der Waals surface area (Å²) in [6.45, 7) is 4.89. The second-order valence-corrected chi connectivity index (χ2v) is 17.4. The molecule has 0 radical (unpaired) electrons. The first kappa shape index (κ1) is 41.3. The van der Waals surface area contributed by atoms with E-state index < -0.39 is 29.7 Å². The van der Waals surface area contributed by atoms with Crippen LogP contribution in [0.15, 0.2) is 73.1 Å². The summed E-state index contributed by atoms with van der Waals surface area (Å²) >= 11 is 0. The maximum absolute atomic E-state index is 13.4. The Balaban J connectivity index is 0.694. The maximum Gasteiger partial charge on any atom is 0.262 e. The van der Waals surface area contributed by atoms with E-state index in [1.54, 1.807) is 12.1 Å². The number of ether oxygens (including phenoxy) is 3. The van der Waals surface area contributed by atoms with Crippen LogP contribution in [0, 0.1) is 5.41 Å². The van der Waals surface area contributed by atoms with Gasteiger partial charge in [0, 0.05) is 43.6 Å². The highest BCUT2D eigenvalue weighted by Crippen LogP contribution is 2.44. The molecule has 17 nitrogen and oxygen atoms in total. The van der Waals surface area contributed by atoms with Crippen molar-refractivity contribution in [1.82, 2.24) is 39.8 Å². The molecule has 330 valence electrons. The minimum absolute atomic E-state index is 0.0569. The minimum Gasteiger partial charge on any atom is -0.493 e. The summed E-state index contributed by atoms with van der Waals surface area (Å²) in [6.07, 6.45) is 6.00. The molecule has 0 saturated carbocycles. The summed E-state index contributed by atoms with van der Waals surface area (Å²) in [5.74, 6) is 0.331. The van der Waals surface area contributed by atoms with E-state index in [1.165, 1.54) is 6.33 Å². The first-order chi connectivity index (χ1) is 31.1. The van der Waals surface area contributed by atoms with Crippen molar-refractivity contribution >= 4 is 46.4 Å². The van der Waals surface area contributed by atoms with Gasteiger partial charge in [-0.25, -0.2) is 14.6 Å². The smallest absolute Gasteiger partial charge is 0.262 e. The van der Waals surface area contributed by atoms with E-state index in [0.717, 1.165) is 83.9 Å². The van der Waals surface area contributed by atoms with Crippen molar-refractivity contribution in [3.05, 3.63) is 89.7 Å². The lowest BCUT2D eigenvalue weighted by molar-refractivity contribution is -0.137. The van der Waals surface area contributed by atoms with Crippen molar-refractivity contribution in [3.63, 3.8) is 0 Å². The van der Waals surface area contributed by atoms with Gasteiger partial charge in [0.2, 0.25) is 17.7 Å². The van der Waals surface area contributed by atoms with Gasteiger partial charge in [-0.15, -0.1) is 0 Å². The summed E-state index contributed by atoms with van der Waals surface area (Å²) in [6, 6.07) is 19.8. The number of hydrogen-bond donors (Lipinski definition) is 2. The molecule has 17 heteroatoms. The number of aromatic nitrogens is 4. The van der Waals surface area contributed by atoms with Gasteiger partial charge < -0.3 is 24.8 Å². The average molecular weight is 868 g/mol. The van der Waals surface area contributed by atoms with Crippen molar-refractivity contribution < 1.29 is 38.2 Å². The zero-order chi connectivity index (χ0) is 44.0. The number of nitrogens with two attached hydrogens (primary N) is 1. The molecular weight excluding hydrogens is 819 g/mol. The summed E-state index contributed by atoms with van der Waals surface area (Å²) in [5.41, 5.74) is 9.85. The number of rotatable bonds is 11. The predicted molar refractivity (Wildman–Crippen MR) is 232 cm³/mol. The number of para-hydroxylation sites is 1. The van der Waals surface area contributed by atoms with Crippen molar-refractivity contribution in [2.75, 3.05) is 58.3 Å². The molecule has 0 bridgehead atoms. The molecule has 64 heavy (non-hydrogen) atoms. The van der Waals surface area contributed by atoms with Gasteiger partial charge in [-0.1, -0.05) is 18.2 Å². The SMILES string of the molecule is Nc1ncnc2c1c(-c1ccc(Oc3ccccc3)cc1)nn2[C@@H]1CCCN(CCOCCC(=O)N2CCC3(CC2)COc2cc4c(cc2C3)C(=O)N(C2CCC(=O)NC2=O)C4=O)C1. The van der Waals surface area contributed by atoms with Crippen molar-refractivity contribution in [3.8, 4) is 28.5 Å². The Bertz CT molecular complexity index is 2640. The van der Waals surface area contributed by atoms with Crippen molar-refractivity contribution in [2.24, 2.45) is 5.41 Å². The van der Waals surface area contributed by atoms with Gasteiger partial charge in [0.1, 0.15) is 41.1 Å². The average Bonchev–Trinajstić information content (AvgIpc) is 3.81. The number of imide groups is 2. The Labute approximate surface area is 368 Å². The Morgan fingerprint density at radius 3 is 2.45 bits per heavy atom. The standard InChI is InChI=1S/C47H49N9O8/c48-42-40-41(29-8-10-33(11-9-29)64-32-6-2-1-3-7-32)52-56(43(40)50-28-49-42)31-5-4-17-53(26-31)20-22-62-21-14-39(58)54-18-15-47(16-19-54)25-30-23-34-35(24-37(30)63-27-47)46(61)55(45(34)60)36-12-13-38(57)51-44(36)59/h1-3,6-11,23-24,28,31,36H,4-5,12-22,25-27H2,(H2,48,49,50)(H,51,57,59)/t31-,36?/m1/s1. The molecule has 10 rings (SSSR count). The van der Waals surface area contributed by atoms with Gasteiger partial charge >= 0.3 is 0 Å². The maximum atomic E-state index is 13.4. The van der Waals surface area contributed by atoms with E-state index in [4.69, 9.17) is 25.0 Å². The first-order valence-corrected chi connectivity index (χ1v) is 22.0. The number of carbonyl (C=O) groups excluding carboxylic acids is 5. The molecule has 5 aromatic rings. The third kappa shape index (κ3) is 7.93. The topological polar surface area (TPSA) is 204 Å². The third-order valence-corrected chi connectivity index (χ3v) is 13.4. The fraction of sp³-hybridized carbons (Fsp3) is 0.404. The largest absolute Gasteiger partial charge is 0.493 e. The van der Waals surface area contributed by atoms with Crippen LogP contribution in [0.1, 0.15) is 77.3 Å². The lowest BCUT2D eigenvalue weighted by atomic mass is 9.72. The number of piperidine rings is 3.